The number of para-hydroxylation sites is 1. The lowest BCUT2D eigenvalue weighted by Gasteiger charge is -2.36. The quantitative estimate of drug-likeness (QED) is 0.544. The fourth-order valence-electron chi connectivity index (χ4n) is 3.68. The van der Waals surface area contributed by atoms with Crippen LogP contribution in [0.25, 0.3) is 0 Å². The molecule has 0 radical (unpaired) electrons. The summed E-state index contributed by atoms with van der Waals surface area (Å²) >= 11 is 0. The van der Waals surface area contributed by atoms with Crippen molar-refractivity contribution >= 4 is 5.69 Å². The molecular formula is C23H27FN4O. The van der Waals surface area contributed by atoms with E-state index in [4.69, 9.17) is 4.74 Å². The molecule has 1 aliphatic rings. The minimum Gasteiger partial charge on any atom is -0.493 e. The zero-order valence-electron chi connectivity index (χ0n) is 16.6. The summed E-state index contributed by atoms with van der Waals surface area (Å²) in [6, 6.07) is 15.1. The molecule has 1 aromatic heterocycles. The summed E-state index contributed by atoms with van der Waals surface area (Å²) in [6.45, 7) is 6.33. The van der Waals surface area contributed by atoms with Gasteiger partial charge in [-0.3, -0.25) is 4.90 Å². The molecule has 0 amide bonds. The second-order valence-electron chi connectivity index (χ2n) is 7.35. The number of halogens is 1. The Morgan fingerprint density at radius 1 is 0.966 bits per heavy atom. The Kier molecular flexibility index (Phi) is 6.42. The van der Waals surface area contributed by atoms with E-state index in [0.29, 0.717) is 6.61 Å². The molecule has 0 spiro atoms. The Labute approximate surface area is 171 Å². The van der Waals surface area contributed by atoms with Crippen LogP contribution in [0.2, 0.25) is 0 Å². The summed E-state index contributed by atoms with van der Waals surface area (Å²) in [4.78, 5) is 8.83. The number of piperazine rings is 1. The van der Waals surface area contributed by atoms with Crippen molar-refractivity contribution in [2.75, 3.05) is 37.7 Å². The molecule has 29 heavy (non-hydrogen) atoms. The van der Waals surface area contributed by atoms with Crippen LogP contribution in [0.4, 0.5) is 10.1 Å². The molecular weight excluding hydrogens is 367 g/mol. The molecule has 0 saturated carbocycles. The van der Waals surface area contributed by atoms with Crippen molar-refractivity contribution in [3.05, 3.63) is 78.6 Å². The fourth-order valence-corrected chi connectivity index (χ4v) is 3.68. The Hall–Kier alpha value is -2.86. The first kappa shape index (κ1) is 19.5. The van der Waals surface area contributed by atoms with Crippen molar-refractivity contribution in [3.63, 3.8) is 0 Å². The van der Waals surface area contributed by atoms with Gasteiger partial charge in [0.15, 0.2) is 0 Å². The van der Waals surface area contributed by atoms with E-state index in [0.717, 1.165) is 57.1 Å². The van der Waals surface area contributed by atoms with Gasteiger partial charge in [-0.05, 0) is 36.8 Å². The molecule has 2 aromatic carbocycles. The van der Waals surface area contributed by atoms with Crippen LogP contribution in [0.15, 0.2) is 67.3 Å². The van der Waals surface area contributed by atoms with E-state index < -0.39 is 0 Å². The molecule has 1 saturated heterocycles. The van der Waals surface area contributed by atoms with E-state index >= 15 is 0 Å². The highest BCUT2D eigenvalue weighted by Gasteiger charge is 2.18. The second kappa shape index (κ2) is 9.56. The number of nitrogens with zero attached hydrogens (tertiary/aromatic N) is 4. The SMILES string of the molecule is Fc1ccc(N2CCN(Cc3ccccc3OCCCn3ccnc3)CC2)cc1. The molecule has 4 rings (SSSR count). The van der Waals surface area contributed by atoms with E-state index in [2.05, 4.69) is 37.5 Å². The van der Waals surface area contributed by atoms with Gasteiger partial charge in [-0.25, -0.2) is 9.37 Å². The van der Waals surface area contributed by atoms with Crippen LogP contribution in [0, 0.1) is 5.82 Å². The summed E-state index contributed by atoms with van der Waals surface area (Å²) in [5.74, 6) is 0.785. The molecule has 2 heterocycles. The number of aromatic nitrogens is 2. The minimum atomic E-state index is -0.186. The van der Waals surface area contributed by atoms with Crippen molar-refractivity contribution < 1.29 is 9.13 Å². The van der Waals surface area contributed by atoms with Gasteiger partial charge in [0.05, 0.1) is 12.9 Å². The topological polar surface area (TPSA) is 33.5 Å². The van der Waals surface area contributed by atoms with Crippen molar-refractivity contribution in [1.82, 2.24) is 14.5 Å². The Morgan fingerprint density at radius 3 is 2.52 bits per heavy atom. The smallest absolute Gasteiger partial charge is 0.123 e. The number of ether oxygens (including phenoxy) is 1. The average molecular weight is 394 g/mol. The predicted octanol–water partition coefficient (Wildman–Crippen LogP) is 3.81. The lowest BCUT2D eigenvalue weighted by Crippen LogP contribution is -2.46. The molecule has 6 heteroatoms. The van der Waals surface area contributed by atoms with Gasteiger partial charge in [-0.15, -0.1) is 0 Å². The minimum absolute atomic E-state index is 0.186. The Balaban J connectivity index is 1.27. The summed E-state index contributed by atoms with van der Waals surface area (Å²) in [7, 11) is 0. The summed E-state index contributed by atoms with van der Waals surface area (Å²) in [6.07, 6.45) is 6.55. The van der Waals surface area contributed by atoms with Gasteiger partial charge in [0.25, 0.3) is 0 Å². The highest BCUT2D eigenvalue weighted by Crippen LogP contribution is 2.22. The van der Waals surface area contributed by atoms with E-state index in [-0.39, 0.29) is 5.82 Å². The van der Waals surface area contributed by atoms with Gasteiger partial charge < -0.3 is 14.2 Å². The molecule has 152 valence electrons. The van der Waals surface area contributed by atoms with E-state index in [1.54, 1.807) is 6.20 Å². The van der Waals surface area contributed by atoms with Crippen molar-refractivity contribution in [3.8, 4) is 5.75 Å². The van der Waals surface area contributed by atoms with Crippen LogP contribution in [-0.2, 0) is 13.1 Å². The number of aryl methyl sites for hydroxylation is 1. The van der Waals surface area contributed by atoms with Crippen LogP contribution in [0.3, 0.4) is 0 Å². The second-order valence-corrected chi connectivity index (χ2v) is 7.35. The number of anilines is 1. The predicted molar refractivity (Wildman–Crippen MR) is 113 cm³/mol. The maximum absolute atomic E-state index is 13.1. The van der Waals surface area contributed by atoms with E-state index in [9.17, 15) is 4.39 Å². The molecule has 0 unspecified atom stereocenters. The first-order valence-electron chi connectivity index (χ1n) is 10.2. The first-order chi connectivity index (χ1) is 14.3. The zero-order chi connectivity index (χ0) is 19.9. The van der Waals surface area contributed by atoms with Gasteiger partial charge in [0, 0.05) is 62.9 Å². The zero-order valence-corrected chi connectivity index (χ0v) is 16.6. The number of hydrogen-bond acceptors (Lipinski definition) is 4. The van der Waals surface area contributed by atoms with Crippen molar-refractivity contribution in [2.45, 2.75) is 19.5 Å². The van der Waals surface area contributed by atoms with Crippen molar-refractivity contribution in [2.24, 2.45) is 0 Å². The highest BCUT2D eigenvalue weighted by atomic mass is 19.1. The highest BCUT2D eigenvalue weighted by molar-refractivity contribution is 5.46. The largest absolute Gasteiger partial charge is 0.493 e. The lowest BCUT2D eigenvalue weighted by molar-refractivity contribution is 0.240. The Bertz CT molecular complexity index is 874. The number of benzene rings is 2. The number of imidazole rings is 1. The van der Waals surface area contributed by atoms with E-state index in [1.807, 2.05) is 30.7 Å². The van der Waals surface area contributed by atoms with Crippen LogP contribution in [0.5, 0.6) is 5.75 Å². The number of hydrogen-bond donors (Lipinski definition) is 0. The van der Waals surface area contributed by atoms with Gasteiger partial charge in [0.2, 0.25) is 0 Å². The average Bonchev–Trinajstić information content (AvgIpc) is 3.27. The molecule has 3 aromatic rings. The van der Waals surface area contributed by atoms with Gasteiger partial charge in [-0.2, -0.15) is 0 Å². The molecule has 1 fully saturated rings. The lowest BCUT2D eigenvalue weighted by atomic mass is 10.1. The summed E-state index contributed by atoms with van der Waals surface area (Å²) in [5.41, 5.74) is 2.32. The number of rotatable bonds is 8. The van der Waals surface area contributed by atoms with Crippen LogP contribution in [-0.4, -0.2) is 47.2 Å². The van der Waals surface area contributed by atoms with Crippen LogP contribution < -0.4 is 9.64 Å². The molecule has 0 N–H and O–H groups in total. The first-order valence-corrected chi connectivity index (χ1v) is 10.2. The monoisotopic (exact) mass is 394 g/mol. The third-order valence-electron chi connectivity index (χ3n) is 5.31. The third kappa shape index (κ3) is 5.35. The molecule has 5 nitrogen and oxygen atoms in total. The molecule has 0 atom stereocenters. The molecule has 0 bridgehead atoms. The Morgan fingerprint density at radius 2 is 1.76 bits per heavy atom. The third-order valence-corrected chi connectivity index (χ3v) is 5.31. The van der Waals surface area contributed by atoms with Crippen LogP contribution >= 0.6 is 0 Å². The van der Waals surface area contributed by atoms with Gasteiger partial charge >= 0.3 is 0 Å². The van der Waals surface area contributed by atoms with Gasteiger partial charge in [-0.1, -0.05) is 18.2 Å². The summed E-state index contributed by atoms with van der Waals surface area (Å²) < 4.78 is 21.3. The van der Waals surface area contributed by atoms with Crippen molar-refractivity contribution in [1.29, 1.82) is 0 Å². The van der Waals surface area contributed by atoms with E-state index in [1.165, 1.54) is 17.7 Å². The maximum atomic E-state index is 13.1. The maximum Gasteiger partial charge on any atom is 0.123 e. The fraction of sp³-hybridized carbons (Fsp3) is 0.348. The summed E-state index contributed by atoms with van der Waals surface area (Å²) in [5, 5.41) is 0. The van der Waals surface area contributed by atoms with Gasteiger partial charge in [0.1, 0.15) is 11.6 Å². The normalized spacial score (nSPS) is 14.9. The standard InChI is InChI=1S/C23H27FN4O/c24-21-6-8-22(9-7-21)28-15-13-26(14-16-28)18-20-4-1-2-5-23(20)29-17-3-11-27-12-10-25-19-27/h1-2,4-10,12,19H,3,11,13-18H2. The van der Waals surface area contributed by atoms with Crippen LogP contribution in [0.1, 0.15) is 12.0 Å². The molecule has 1 aliphatic heterocycles. The molecule has 0 aliphatic carbocycles.